The number of halogens is 1. The summed E-state index contributed by atoms with van der Waals surface area (Å²) in [5, 5.41) is 8.76. The molecule has 0 saturated heterocycles. The predicted molar refractivity (Wildman–Crippen MR) is 63.8 cm³/mol. The van der Waals surface area contributed by atoms with Gasteiger partial charge in [0.1, 0.15) is 0 Å². The van der Waals surface area contributed by atoms with Gasteiger partial charge in [0.05, 0.1) is 5.56 Å². The highest BCUT2D eigenvalue weighted by molar-refractivity contribution is 9.10. The Labute approximate surface area is 96.7 Å². The van der Waals surface area contributed by atoms with Crippen molar-refractivity contribution in [1.82, 2.24) is 0 Å². The molecule has 80 valence electrons. The lowest BCUT2D eigenvalue weighted by Crippen LogP contribution is -1.96. The molecule has 0 aliphatic heterocycles. The van der Waals surface area contributed by atoms with Crippen LogP contribution in [0.5, 0.6) is 0 Å². The van der Waals surface area contributed by atoms with Gasteiger partial charge in [0, 0.05) is 4.47 Å². The number of carbonyl (C=O) groups is 1. The normalized spacial score (nSPS) is 10.8. The predicted octanol–water partition coefficient (Wildman–Crippen LogP) is 2.51. The van der Waals surface area contributed by atoms with Crippen LogP contribution < -0.4 is 5.73 Å². The quantitative estimate of drug-likeness (QED) is 0.883. The van der Waals surface area contributed by atoms with Crippen molar-refractivity contribution < 1.29 is 9.90 Å². The lowest BCUT2D eigenvalue weighted by molar-refractivity contribution is 0.0697. The summed E-state index contributed by atoms with van der Waals surface area (Å²) < 4.78 is 0.774. The van der Waals surface area contributed by atoms with Crippen LogP contribution in [0.2, 0.25) is 0 Å². The first-order chi connectivity index (χ1) is 7.15. The number of benzene rings is 1. The minimum absolute atomic E-state index is 0.276. The molecule has 3 N–H and O–H groups in total. The molecule has 3 nitrogen and oxygen atoms in total. The second kappa shape index (κ2) is 5.68. The standard InChI is InChI=1S/C11H12BrNO2/c12-10-7-9(11(14)15)5-4-8(10)3-1-2-6-13/h1,3-5,7H,2,6,13H2,(H,14,15). The fourth-order valence-corrected chi connectivity index (χ4v) is 1.61. The van der Waals surface area contributed by atoms with Gasteiger partial charge >= 0.3 is 5.97 Å². The molecule has 0 aromatic heterocycles. The number of carboxylic acid groups (broad SMARTS) is 1. The summed E-state index contributed by atoms with van der Waals surface area (Å²) in [7, 11) is 0. The van der Waals surface area contributed by atoms with Crippen molar-refractivity contribution in [2.45, 2.75) is 6.42 Å². The van der Waals surface area contributed by atoms with Crippen molar-refractivity contribution >= 4 is 28.0 Å². The van der Waals surface area contributed by atoms with Crippen LogP contribution in [0, 0.1) is 0 Å². The highest BCUT2D eigenvalue weighted by atomic mass is 79.9. The molecule has 0 unspecified atom stereocenters. The third-order valence-corrected chi connectivity index (χ3v) is 2.56. The Hall–Kier alpha value is -1.13. The third kappa shape index (κ3) is 3.49. The first kappa shape index (κ1) is 11.9. The topological polar surface area (TPSA) is 63.3 Å². The van der Waals surface area contributed by atoms with E-state index < -0.39 is 5.97 Å². The van der Waals surface area contributed by atoms with E-state index in [4.69, 9.17) is 10.8 Å². The number of carboxylic acids is 1. The maximum Gasteiger partial charge on any atom is 0.335 e. The van der Waals surface area contributed by atoms with Crippen molar-refractivity contribution in [3.8, 4) is 0 Å². The lowest BCUT2D eigenvalue weighted by Gasteiger charge is -2.00. The van der Waals surface area contributed by atoms with Crippen LogP contribution >= 0.6 is 15.9 Å². The monoisotopic (exact) mass is 269 g/mol. The summed E-state index contributed by atoms with van der Waals surface area (Å²) in [6.45, 7) is 0.612. The molecule has 0 heterocycles. The molecule has 0 aliphatic rings. The minimum atomic E-state index is -0.923. The van der Waals surface area contributed by atoms with E-state index in [1.54, 1.807) is 18.2 Å². The largest absolute Gasteiger partial charge is 0.478 e. The van der Waals surface area contributed by atoms with Crippen molar-refractivity contribution in [1.29, 1.82) is 0 Å². The van der Waals surface area contributed by atoms with Gasteiger partial charge in [-0.25, -0.2) is 4.79 Å². The molecule has 1 aromatic carbocycles. The van der Waals surface area contributed by atoms with Crippen LogP contribution in [0.15, 0.2) is 28.7 Å². The van der Waals surface area contributed by atoms with Gasteiger partial charge in [-0.1, -0.05) is 34.1 Å². The van der Waals surface area contributed by atoms with E-state index in [2.05, 4.69) is 15.9 Å². The molecule has 0 amide bonds. The Morgan fingerprint density at radius 2 is 2.27 bits per heavy atom. The van der Waals surface area contributed by atoms with Gasteiger partial charge in [-0.05, 0) is 30.7 Å². The Balaban J connectivity index is 2.88. The summed E-state index contributed by atoms with van der Waals surface area (Å²) >= 11 is 3.32. The van der Waals surface area contributed by atoms with E-state index in [1.807, 2.05) is 12.2 Å². The minimum Gasteiger partial charge on any atom is -0.478 e. The highest BCUT2D eigenvalue weighted by Gasteiger charge is 2.04. The summed E-state index contributed by atoms with van der Waals surface area (Å²) in [6.07, 6.45) is 4.69. The molecule has 0 saturated carbocycles. The van der Waals surface area contributed by atoms with E-state index in [0.29, 0.717) is 6.54 Å². The lowest BCUT2D eigenvalue weighted by atomic mass is 10.1. The smallest absolute Gasteiger partial charge is 0.335 e. The molecule has 0 atom stereocenters. The van der Waals surface area contributed by atoms with E-state index in [-0.39, 0.29) is 5.56 Å². The van der Waals surface area contributed by atoms with Gasteiger partial charge in [-0.2, -0.15) is 0 Å². The maximum atomic E-state index is 10.7. The molecule has 0 radical (unpaired) electrons. The third-order valence-electron chi connectivity index (χ3n) is 1.88. The van der Waals surface area contributed by atoms with Gasteiger partial charge < -0.3 is 10.8 Å². The first-order valence-electron chi connectivity index (χ1n) is 4.54. The fraction of sp³-hybridized carbons (Fsp3) is 0.182. The second-order valence-electron chi connectivity index (χ2n) is 3.02. The summed E-state index contributed by atoms with van der Waals surface area (Å²) in [4.78, 5) is 10.7. The molecular formula is C11H12BrNO2. The Morgan fingerprint density at radius 1 is 1.53 bits per heavy atom. The van der Waals surface area contributed by atoms with E-state index >= 15 is 0 Å². The highest BCUT2D eigenvalue weighted by Crippen LogP contribution is 2.20. The Bertz CT molecular complexity index is 388. The zero-order chi connectivity index (χ0) is 11.3. The maximum absolute atomic E-state index is 10.7. The molecule has 1 rings (SSSR count). The van der Waals surface area contributed by atoms with Crippen LogP contribution in [-0.2, 0) is 0 Å². The van der Waals surface area contributed by atoms with E-state index in [1.165, 1.54) is 0 Å². The van der Waals surface area contributed by atoms with Crippen molar-refractivity contribution in [2.24, 2.45) is 5.73 Å². The van der Waals surface area contributed by atoms with Gasteiger partial charge in [0.15, 0.2) is 0 Å². The van der Waals surface area contributed by atoms with Gasteiger partial charge in [0.25, 0.3) is 0 Å². The van der Waals surface area contributed by atoms with Crippen LogP contribution in [0.25, 0.3) is 6.08 Å². The molecule has 1 aromatic rings. The Kier molecular flexibility index (Phi) is 4.52. The van der Waals surface area contributed by atoms with Gasteiger partial charge in [0.2, 0.25) is 0 Å². The van der Waals surface area contributed by atoms with Gasteiger partial charge in [-0.3, -0.25) is 0 Å². The molecular weight excluding hydrogens is 258 g/mol. The molecule has 0 bridgehead atoms. The average Bonchev–Trinajstić information content (AvgIpc) is 2.20. The molecule has 0 aliphatic carbocycles. The van der Waals surface area contributed by atoms with Crippen molar-refractivity contribution in [2.75, 3.05) is 6.54 Å². The number of rotatable bonds is 4. The second-order valence-corrected chi connectivity index (χ2v) is 3.88. The number of hydrogen-bond donors (Lipinski definition) is 2. The zero-order valence-corrected chi connectivity index (χ0v) is 9.70. The van der Waals surface area contributed by atoms with E-state index in [0.717, 1.165) is 16.5 Å². The van der Waals surface area contributed by atoms with Crippen molar-refractivity contribution in [3.63, 3.8) is 0 Å². The zero-order valence-electron chi connectivity index (χ0n) is 8.11. The Morgan fingerprint density at radius 3 is 2.80 bits per heavy atom. The number of hydrogen-bond acceptors (Lipinski definition) is 2. The van der Waals surface area contributed by atoms with Crippen LogP contribution in [0.1, 0.15) is 22.3 Å². The first-order valence-corrected chi connectivity index (χ1v) is 5.34. The van der Waals surface area contributed by atoms with Crippen molar-refractivity contribution in [3.05, 3.63) is 39.9 Å². The molecule has 0 spiro atoms. The SMILES string of the molecule is NCCC=Cc1ccc(C(=O)O)cc1Br. The van der Waals surface area contributed by atoms with Crippen LogP contribution in [-0.4, -0.2) is 17.6 Å². The summed E-state index contributed by atoms with van der Waals surface area (Å²) in [5.41, 5.74) is 6.58. The average molecular weight is 270 g/mol. The summed E-state index contributed by atoms with van der Waals surface area (Å²) in [6, 6.07) is 4.93. The number of nitrogens with two attached hydrogens (primary N) is 1. The molecule has 15 heavy (non-hydrogen) atoms. The van der Waals surface area contributed by atoms with Gasteiger partial charge in [-0.15, -0.1) is 0 Å². The summed E-state index contributed by atoms with van der Waals surface area (Å²) in [5.74, 6) is -0.923. The van der Waals surface area contributed by atoms with Crippen LogP contribution in [0.3, 0.4) is 0 Å². The molecule has 0 fully saturated rings. The fourth-order valence-electron chi connectivity index (χ4n) is 1.10. The molecule has 4 heteroatoms. The van der Waals surface area contributed by atoms with E-state index in [9.17, 15) is 4.79 Å². The number of aromatic carboxylic acids is 1. The van der Waals surface area contributed by atoms with Crippen LogP contribution in [0.4, 0.5) is 0 Å².